The number of halogens is 1. The number of carbonyl (C=O) groups excluding carboxylic acids is 4. The molecule has 0 saturated carbocycles. The van der Waals surface area contributed by atoms with Crippen molar-refractivity contribution in [2.45, 2.75) is 0 Å². The van der Waals surface area contributed by atoms with Crippen molar-refractivity contribution in [3.63, 3.8) is 0 Å². The number of carbonyl (C=O) groups is 4. The van der Waals surface area contributed by atoms with Crippen LogP contribution in [0.4, 0.5) is 5.69 Å². The summed E-state index contributed by atoms with van der Waals surface area (Å²) >= 11 is 3.33. The van der Waals surface area contributed by atoms with E-state index < -0.39 is 24.4 Å². The van der Waals surface area contributed by atoms with E-state index in [9.17, 15) is 19.2 Å². The number of rotatable bonds is 6. The minimum Gasteiger partial charge on any atom is -0.454 e. The predicted molar refractivity (Wildman–Crippen MR) is 138 cm³/mol. The molecule has 1 heterocycles. The number of imide groups is 1. The van der Waals surface area contributed by atoms with Gasteiger partial charge in [0.25, 0.3) is 11.8 Å². The van der Waals surface area contributed by atoms with E-state index in [4.69, 9.17) is 4.74 Å². The smallest absolute Gasteiger partial charge is 0.338 e. The lowest BCUT2D eigenvalue weighted by Crippen LogP contribution is -2.29. The minimum atomic E-state index is -0.755. The van der Waals surface area contributed by atoms with Gasteiger partial charge in [-0.15, -0.1) is 0 Å². The van der Waals surface area contributed by atoms with Gasteiger partial charge in [-0.3, -0.25) is 14.4 Å². The van der Waals surface area contributed by atoms with Crippen LogP contribution in [0.15, 0.2) is 102 Å². The van der Waals surface area contributed by atoms with Crippen LogP contribution in [0.25, 0.3) is 11.1 Å². The molecule has 0 N–H and O–H groups in total. The van der Waals surface area contributed by atoms with Crippen LogP contribution in [0.2, 0.25) is 0 Å². The van der Waals surface area contributed by atoms with Crippen molar-refractivity contribution in [1.29, 1.82) is 0 Å². The molecule has 0 radical (unpaired) electrons. The molecule has 0 atom stereocenters. The molecule has 4 aromatic rings. The molecule has 0 unspecified atom stereocenters. The third kappa shape index (κ3) is 4.48. The molecule has 0 bridgehead atoms. The summed E-state index contributed by atoms with van der Waals surface area (Å²) in [4.78, 5) is 51.9. The topological polar surface area (TPSA) is 80.8 Å². The third-order valence-electron chi connectivity index (χ3n) is 5.86. The molecule has 5 rings (SSSR count). The number of benzene rings is 4. The van der Waals surface area contributed by atoms with E-state index in [0.717, 1.165) is 20.5 Å². The summed E-state index contributed by atoms with van der Waals surface area (Å²) in [5.41, 5.74) is 3.25. The molecule has 1 aliphatic heterocycles. The molecule has 7 heteroatoms. The number of Topliss-reactive ketones (excluding diaryl/α,β-unsaturated/α-hetero) is 1. The van der Waals surface area contributed by atoms with Crippen LogP contribution in [0, 0.1) is 0 Å². The van der Waals surface area contributed by atoms with Gasteiger partial charge in [0.05, 0.1) is 22.4 Å². The second-order valence-corrected chi connectivity index (χ2v) is 9.04. The Morgan fingerprint density at radius 2 is 1.31 bits per heavy atom. The summed E-state index contributed by atoms with van der Waals surface area (Å²) in [6, 6.07) is 27.8. The van der Waals surface area contributed by atoms with E-state index in [1.165, 1.54) is 18.2 Å². The zero-order valence-electron chi connectivity index (χ0n) is 18.8. The number of amides is 2. The van der Waals surface area contributed by atoms with Crippen molar-refractivity contribution in [1.82, 2.24) is 0 Å². The van der Waals surface area contributed by atoms with Gasteiger partial charge in [0.2, 0.25) is 0 Å². The number of nitrogens with zero attached hydrogens (tertiary/aromatic N) is 1. The molecule has 0 aliphatic carbocycles. The zero-order valence-corrected chi connectivity index (χ0v) is 20.4. The molecule has 1 aliphatic rings. The number of anilines is 1. The Hall–Kier alpha value is -4.36. The highest BCUT2D eigenvalue weighted by molar-refractivity contribution is 9.10. The third-order valence-corrected chi connectivity index (χ3v) is 6.38. The second-order valence-electron chi connectivity index (χ2n) is 8.13. The summed E-state index contributed by atoms with van der Waals surface area (Å²) < 4.78 is 6.02. The maximum absolute atomic E-state index is 12.9. The van der Waals surface area contributed by atoms with Crippen molar-refractivity contribution in [3.8, 4) is 11.1 Å². The van der Waals surface area contributed by atoms with E-state index >= 15 is 0 Å². The Kier molecular flexibility index (Phi) is 6.31. The van der Waals surface area contributed by atoms with E-state index in [-0.39, 0.29) is 22.5 Å². The number of ether oxygens (including phenoxy) is 1. The number of esters is 1. The Balaban J connectivity index is 1.26. The van der Waals surface area contributed by atoms with Gasteiger partial charge >= 0.3 is 5.97 Å². The van der Waals surface area contributed by atoms with E-state index in [2.05, 4.69) is 15.9 Å². The lowest BCUT2D eigenvalue weighted by Gasteiger charge is -2.13. The summed E-state index contributed by atoms with van der Waals surface area (Å²) in [5.74, 6) is -2.10. The maximum atomic E-state index is 12.9. The minimum absolute atomic E-state index is 0.0831. The highest BCUT2D eigenvalue weighted by atomic mass is 79.9. The zero-order chi connectivity index (χ0) is 25.2. The fourth-order valence-corrected chi connectivity index (χ4v) is 4.23. The number of hydrogen-bond donors (Lipinski definition) is 0. The van der Waals surface area contributed by atoms with Crippen LogP contribution in [-0.4, -0.2) is 30.2 Å². The van der Waals surface area contributed by atoms with Crippen LogP contribution in [0.1, 0.15) is 41.4 Å². The fraction of sp³-hybridized carbons (Fsp3) is 0.0345. The molecule has 6 nitrogen and oxygen atoms in total. The highest BCUT2D eigenvalue weighted by Crippen LogP contribution is 2.30. The fourth-order valence-electron chi connectivity index (χ4n) is 3.97. The maximum Gasteiger partial charge on any atom is 0.338 e. The lowest BCUT2D eigenvalue weighted by atomic mass is 10.0. The summed E-state index contributed by atoms with van der Waals surface area (Å²) in [6.07, 6.45) is 0. The van der Waals surface area contributed by atoms with Crippen LogP contribution in [-0.2, 0) is 4.74 Å². The SMILES string of the molecule is O=C(COC(=O)c1ccc2c(c1)C(=O)N(c1ccc(Br)cc1)C2=O)c1ccc(-c2ccccc2)cc1. The van der Waals surface area contributed by atoms with Crippen LogP contribution in [0.3, 0.4) is 0 Å². The average molecular weight is 540 g/mol. The molecule has 0 fully saturated rings. The summed E-state index contributed by atoms with van der Waals surface area (Å²) in [5, 5.41) is 0. The predicted octanol–water partition coefficient (Wildman–Crippen LogP) is 5.96. The number of ketones is 1. The Morgan fingerprint density at radius 1 is 0.694 bits per heavy atom. The normalized spacial score (nSPS) is 12.4. The van der Waals surface area contributed by atoms with Crippen LogP contribution < -0.4 is 4.90 Å². The largest absolute Gasteiger partial charge is 0.454 e. The lowest BCUT2D eigenvalue weighted by molar-refractivity contribution is 0.0474. The molecule has 176 valence electrons. The van der Waals surface area contributed by atoms with Crippen molar-refractivity contribution < 1.29 is 23.9 Å². The average Bonchev–Trinajstić information content (AvgIpc) is 3.17. The molecule has 0 spiro atoms. The van der Waals surface area contributed by atoms with Crippen molar-refractivity contribution in [2.75, 3.05) is 11.5 Å². The first-order valence-electron chi connectivity index (χ1n) is 11.1. The molecule has 2 amide bonds. The van der Waals surface area contributed by atoms with Gasteiger partial charge < -0.3 is 4.74 Å². The van der Waals surface area contributed by atoms with Crippen molar-refractivity contribution in [2.24, 2.45) is 0 Å². The van der Waals surface area contributed by atoms with Gasteiger partial charge in [-0.25, -0.2) is 9.69 Å². The van der Waals surface area contributed by atoms with E-state index in [1.54, 1.807) is 36.4 Å². The second kappa shape index (κ2) is 9.71. The van der Waals surface area contributed by atoms with E-state index in [0.29, 0.717) is 11.3 Å². The first-order valence-corrected chi connectivity index (χ1v) is 11.9. The Bertz CT molecular complexity index is 1500. The van der Waals surface area contributed by atoms with Crippen molar-refractivity contribution in [3.05, 3.63) is 124 Å². The van der Waals surface area contributed by atoms with Crippen LogP contribution >= 0.6 is 15.9 Å². The van der Waals surface area contributed by atoms with Gasteiger partial charge in [0.1, 0.15) is 0 Å². The van der Waals surface area contributed by atoms with Crippen LogP contribution in [0.5, 0.6) is 0 Å². The molecular weight excluding hydrogens is 522 g/mol. The standard InChI is InChI=1S/C29H18BrNO5/c30-22-11-13-23(14-12-22)31-27(33)24-15-10-21(16-25(24)28(31)34)29(35)36-17-26(32)20-8-6-19(7-9-20)18-4-2-1-3-5-18/h1-16H,17H2. The van der Waals surface area contributed by atoms with Gasteiger partial charge in [-0.05, 0) is 53.6 Å². The summed E-state index contributed by atoms with van der Waals surface area (Å²) in [6.45, 7) is -0.446. The molecule has 0 aromatic heterocycles. The summed E-state index contributed by atoms with van der Waals surface area (Å²) in [7, 11) is 0. The molecule has 36 heavy (non-hydrogen) atoms. The monoisotopic (exact) mass is 539 g/mol. The first-order chi connectivity index (χ1) is 17.4. The Labute approximate surface area is 215 Å². The first kappa shape index (κ1) is 23.4. The van der Waals surface area contributed by atoms with Crippen molar-refractivity contribution >= 4 is 45.2 Å². The van der Waals surface area contributed by atoms with E-state index in [1.807, 2.05) is 42.5 Å². The number of fused-ring (bicyclic) bond motifs is 1. The van der Waals surface area contributed by atoms with Gasteiger partial charge in [0.15, 0.2) is 12.4 Å². The molecular formula is C29H18BrNO5. The van der Waals surface area contributed by atoms with Gasteiger partial charge in [0, 0.05) is 10.0 Å². The molecule has 4 aromatic carbocycles. The quantitative estimate of drug-likeness (QED) is 0.171. The number of hydrogen-bond acceptors (Lipinski definition) is 5. The van der Waals surface area contributed by atoms with Gasteiger partial charge in [-0.2, -0.15) is 0 Å². The molecule has 0 saturated heterocycles. The highest BCUT2D eigenvalue weighted by Gasteiger charge is 2.37. The van der Waals surface area contributed by atoms with Gasteiger partial charge in [-0.1, -0.05) is 70.5 Å². The Morgan fingerprint density at radius 3 is 2.00 bits per heavy atom.